The number of halogens is 1. The molecule has 27 heavy (non-hydrogen) atoms. The van der Waals surface area contributed by atoms with Gasteiger partial charge in [0.2, 0.25) is 0 Å². The zero-order valence-corrected chi connectivity index (χ0v) is 14.7. The van der Waals surface area contributed by atoms with Crippen molar-refractivity contribution in [3.8, 4) is 11.3 Å². The largest absolute Gasteiger partial charge is 0.364 e. The number of rotatable bonds is 5. The fourth-order valence-electron chi connectivity index (χ4n) is 3.19. The summed E-state index contributed by atoms with van der Waals surface area (Å²) in [5.74, 6) is -0.220. The number of hydrogen-bond acceptors (Lipinski definition) is 6. The van der Waals surface area contributed by atoms with Gasteiger partial charge in [0.05, 0.1) is 12.2 Å². The number of aromatic nitrogens is 4. The van der Waals surface area contributed by atoms with Gasteiger partial charge in [-0.15, -0.1) is 0 Å². The highest BCUT2D eigenvalue weighted by Gasteiger charge is 2.31. The normalized spacial score (nSPS) is 16.3. The molecule has 0 aromatic carbocycles. The molecule has 0 spiro atoms. The highest BCUT2D eigenvalue weighted by atomic mass is 19.1. The molecule has 0 radical (unpaired) electrons. The minimum absolute atomic E-state index is 0.121. The number of alkyl halides is 1. The zero-order chi connectivity index (χ0) is 18.9. The third-order valence-corrected chi connectivity index (χ3v) is 4.74. The number of pyridine rings is 1. The third-order valence-electron chi connectivity index (χ3n) is 4.74. The molecule has 9 heteroatoms. The number of piperidine rings is 1. The number of nitrogens with two attached hydrogens (primary N) is 1. The minimum atomic E-state index is -1.31. The molecule has 0 bridgehead atoms. The van der Waals surface area contributed by atoms with Crippen molar-refractivity contribution in [3.63, 3.8) is 0 Å². The maximum absolute atomic E-state index is 15.0. The van der Waals surface area contributed by atoms with Gasteiger partial charge in [-0.3, -0.25) is 9.78 Å². The van der Waals surface area contributed by atoms with Gasteiger partial charge >= 0.3 is 0 Å². The first-order chi connectivity index (χ1) is 13.0. The Morgan fingerprint density at radius 3 is 2.70 bits per heavy atom. The summed E-state index contributed by atoms with van der Waals surface area (Å²) < 4.78 is 16.7. The van der Waals surface area contributed by atoms with E-state index in [0.717, 1.165) is 5.56 Å². The van der Waals surface area contributed by atoms with Crippen molar-refractivity contribution in [3.05, 3.63) is 42.6 Å². The predicted molar refractivity (Wildman–Crippen MR) is 99.2 cm³/mol. The Labute approximate surface area is 155 Å². The summed E-state index contributed by atoms with van der Waals surface area (Å²) in [7, 11) is 0. The first kappa shape index (κ1) is 17.3. The first-order valence-corrected chi connectivity index (χ1v) is 8.78. The zero-order valence-electron chi connectivity index (χ0n) is 14.7. The van der Waals surface area contributed by atoms with Gasteiger partial charge in [0.1, 0.15) is 11.4 Å². The summed E-state index contributed by atoms with van der Waals surface area (Å²) in [4.78, 5) is 24.4. The molecule has 8 nitrogen and oxygen atoms in total. The number of fused-ring (bicyclic) bond motifs is 1. The van der Waals surface area contributed by atoms with Crippen LogP contribution in [0.2, 0.25) is 0 Å². The van der Waals surface area contributed by atoms with E-state index < -0.39 is 11.6 Å². The Morgan fingerprint density at radius 1 is 1.26 bits per heavy atom. The van der Waals surface area contributed by atoms with Crippen LogP contribution in [-0.2, 0) is 0 Å². The summed E-state index contributed by atoms with van der Waals surface area (Å²) in [6, 6.07) is 3.65. The Hall–Kier alpha value is -3.07. The van der Waals surface area contributed by atoms with Crippen LogP contribution in [0.1, 0.15) is 23.3 Å². The SMILES string of the molecule is NC(=O)c1cn2cc(-c3ccncc3)nc(NCC3(F)CCNCC3)c2n1. The smallest absolute Gasteiger partial charge is 0.268 e. The molecule has 3 aromatic rings. The molecule has 4 heterocycles. The van der Waals surface area contributed by atoms with E-state index in [-0.39, 0.29) is 12.2 Å². The molecule has 3 aromatic heterocycles. The fourth-order valence-corrected chi connectivity index (χ4v) is 3.19. The number of carbonyl (C=O) groups excluding carboxylic acids is 1. The van der Waals surface area contributed by atoms with Gasteiger partial charge in [-0.1, -0.05) is 0 Å². The second kappa shape index (κ2) is 6.92. The van der Waals surface area contributed by atoms with E-state index in [2.05, 4.69) is 25.6 Å². The molecular weight excluding hydrogens is 349 g/mol. The molecule has 0 saturated carbocycles. The molecule has 0 unspecified atom stereocenters. The van der Waals surface area contributed by atoms with Gasteiger partial charge < -0.3 is 20.8 Å². The lowest BCUT2D eigenvalue weighted by Crippen LogP contribution is -2.43. The number of primary amides is 1. The summed E-state index contributed by atoms with van der Waals surface area (Å²) in [6.07, 6.45) is 7.50. The summed E-state index contributed by atoms with van der Waals surface area (Å²) >= 11 is 0. The van der Waals surface area contributed by atoms with Gasteiger partial charge in [0.25, 0.3) is 5.91 Å². The van der Waals surface area contributed by atoms with Crippen molar-refractivity contribution < 1.29 is 9.18 Å². The first-order valence-electron chi connectivity index (χ1n) is 8.78. The summed E-state index contributed by atoms with van der Waals surface area (Å²) in [5.41, 5.74) is 6.11. The second-order valence-electron chi connectivity index (χ2n) is 6.69. The number of nitrogens with one attached hydrogen (secondary N) is 2. The number of nitrogens with zero attached hydrogens (tertiary/aromatic N) is 4. The average Bonchev–Trinajstić information content (AvgIpc) is 3.12. The summed E-state index contributed by atoms with van der Waals surface area (Å²) in [5, 5.41) is 6.25. The molecule has 0 atom stereocenters. The van der Waals surface area contributed by atoms with Crippen LogP contribution >= 0.6 is 0 Å². The van der Waals surface area contributed by atoms with E-state index in [9.17, 15) is 9.18 Å². The lowest BCUT2D eigenvalue weighted by Gasteiger charge is -2.30. The van der Waals surface area contributed by atoms with Crippen LogP contribution in [0.3, 0.4) is 0 Å². The van der Waals surface area contributed by atoms with Crippen molar-refractivity contribution in [2.75, 3.05) is 25.0 Å². The molecule has 140 valence electrons. The maximum Gasteiger partial charge on any atom is 0.268 e. The highest BCUT2D eigenvalue weighted by Crippen LogP contribution is 2.26. The van der Waals surface area contributed by atoms with Crippen molar-refractivity contribution in [2.24, 2.45) is 5.73 Å². The quantitative estimate of drug-likeness (QED) is 0.627. The summed E-state index contributed by atoms with van der Waals surface area (Å²) in [6.45, 7) is 1.41. The third kappa shape index (κ3) is 3.59. The fraction of sp³-hybridized carbons (Fsp3) is 0.333. The Morgan fingerprint density at radius 2 is 2.00 bits per heavy atom. The lowest BCUT2D eigenvalue weighted by atomic mass is 9.94. The van der Waals surface area contributed by atoms with E-state index in [4.69, 9.17) is 5.73 Å². The molecule has 1 aliphatic heterocycles. The number of imidazole rings is 1. The second-order valence-corrected chi connectivity index (χ2v) is 6.69. The highest BCUT2D eigenvalue weighted by molar-refractivity contribution is 5.92. The van der Waals surface area contributed by atoms with Gasteiger partial charge in [-0.2, -0.15) is 0 Å². The van der Waals surface area contributed by atoms with Crippen molar-refractivity contribution in [2.45, 2.75) is 18.5 Å². The van der Waals surface area contributed by atoms with Crippen molar-refractivity contribution >= 4 is 17.4 Å². The van der Waals surface area contributed by atoms with Gasteiger partial charge in [0.15, 0.2) is 11.5 Å². The Kier molecular flexibility index (Phi) is 4.44. The molecule has 1 saturated heterocycles. The maximum atomic E-state index is 15.0. The van der Waals surface area contributed by atoms with Crippen LogP contribution in [0.15, 0.2) is 36.9 Å². The number of carbonyl (C=O) groups is 1. The molecule has 1 aliphatic rings. The van der Waals surface area contributed by atoms with Crippen LogP contribution in [0.25, 0.3) is 16.9 Å². The van der Waals surface area contributed by atoms with Crippen LogP contribution in [0.5, 0.6) is 0 Å². The van der Waals surface area contributed by atoms with E-state index in [0.29, 0.717) is 43.1 Å². The number of hydrogen-bond donors (Lipinski definition) is 3. The van der Waals surface area contributed by atoms with Gasteiger partial charge in [-0.25, -0.2) is 14.4 Å². The molecular formula is C18H20FN7O. The standard InChI is InChI=1S/C18H20FN7O/c19-18(3-7-22-8-4-18)11-23-16-17-25-14(15(20)27)10-26(17)9-13(24-16)12-1-5-21-6-2-12/h1-2,5-6,9-10,22H,3-4,7-8,11H2,(H2,20,27)(H,23,24). The van der Waals surface area contributed by atoms with Crippen molar-refractivity contribution in [1.82, 2.24) is 24.7 Å². The van der Waals surface area contributed by atoms with Gasteiger partial charge in [-0.05, 0) is 38.1 Å². The minimum Gasteiger partial charge on any atom is -0.364 e. The predicted octanol–water partition coefficient (Wildman–Crippen LogP) is 1.39. The van der Waals surface area contributed by atoms with E-state index in [1.807, 2.05) is 12.1 Å². The average molecular weight is 369 g/mol. The van der Waals surface area contributed by atoms with E-state index >= 15 is 0 Å². The topological polar surface area (TPSA) is 110 Å². The molecule has 1 amide bonds. The lowest BCUT2D eigenvalue weighted by molar-refractivity contribution is 0.0996. The Balaban J connectivity index is 1.73. The van der Waals surface area contributed by atoms with Crippen LogP contribution in [-0.4, -0.2) is 50.6 Å². The van der Waals surface area contributed by atoms with Crippen molar-refractivity contribution in [1.29, 1.82) is 0 Å². The number of anilines is 1. The van der Waals surface area contributed by atoms with E-state index in [1.165, 1.54) is 0 Å². The molecule has 0 aliphatic carbocycles. The molecule has 4 rings (SSSR count). The monoisotopic (exact) mass is 369 g/mol. The van der Waals surface area contributed by atoms with E-state index in [1.54, 1.807) is 29.2 Å². The molecule has 1 fully saturated rings. The van der Waals surface area contributed by atoms with Gasteiger partial charge in [0, 0.05) is 30.4 Å². The van der Waals surface area contributed by atoms with Crippen LogP contribution in [0.4, 0.5) is 10.2 Å². The van der Waals surface area contributed by atoms with Crippen LogP contribution < -0.4 is 16.4 Å². The number of amides is 1. The Bertz CT molecular complexity index is 967. The van der Waals surface area contributed by atoms with Crippen LogP contribution in [0, 0.1) is 0 Å². The molecule has 4 N–H and O–H groups in total.